The molecule has 1 aromatic rings. The second kappa shape index (κ2) is 11.2. The van der Waals surface area contributed by atoms with Crippen molar-refractivity contribution in [2.24, 2.45) is 11.8 Å². The molecule has 4 rings (SSSR count). The molecule has 1 aromatic carbocycles. The van der Waals surface area contributed by atoms with Crippen molar-refractivity contribution in [3.63, 3.8) is 0 Å². The fraction of sp³-hybridized carbons (Fsp3) is 0.667. The van der Waals surface area contributed by atoms with E-state index in [0.29, 0.717) is 51.3 Å². The van der Waals surface area contributed by atoms with Crippen LogP contribution in [-0.4, -0.2) is 72.3 Å². The molecule has 0 radical (unpaired) electrons. The zero-order valence-electron chi connectivity index (χ0n) is 20.7. The molecule has 7 heteroatoms. The van der Waals surface area contributed by atoms with Gasteiger partial charge < -0.3 is 19.4 Å². The zero-order valence-corrected chi connectivity index (χ0v) is 20.7. The van der Waals surface area contributed by atoms with Crippen molar-refractivity contribution in [1.82, 2.24) is 14.7 Å². The third-order valence-corrected chi connectivity index (χ3v) is 7.84. The molecule has 2 aliphatic heterocycles. The van der Waals surface area contributed by atoms with E-state index < -0.39 is 0 Å². The van der Waals surface area contributed by atoms with E-state index in [1.54, 1.807) is 7.11 Å². The molecule has 0 aromatic heterocycles. The Morgan fingerprint density at radius 3 is 2.26 bits per heavy atom. The van der Waals surface area contributed by atoms with E-state index in [4.69, 9.17) is 4.74 Å². The van der Waals surface area contributed by atoms with Crippen molar-refractivity contribution >= 4 is 17.7 Å². The lowest BCUT2D eigenvalue weighted by molar-refractivity contribution is -0.151. The molecule has 0 spiro atoms. The lowest BCUT2D eigenvalue weighted by atomic mass is 9.82. The second-order valence-corrected chi connectivity index (χ2v) is 9.90. The Bertz CT molecular complexity index is 874. The summed E-state index contributed by atoms with van der Waals surface area (Å²) >= 11 is 0. The Morgan fingerprint density at radius 2 is 1.62 bits per heavy atom. The number of nitrogens with zero attached hydrogens (tertiary/aromatic N) is 3. The average molecular weight is 470 g/mol. The van der Waals surface area contributed by atoms with Crippen LogP contribution >= 0.6 is 0 Å². The van der Waals surface area contributed by atoms with E-state index in [9.17, 15) is 14.4 Å². The third kappa shape index (κ3) is 5.08. The fourth-order valence-corrected chi connectivity index (χ4v) is 5.91. The predicted octanol–water partition coefficient (Wildman–Crippen LogP) is 3.64. The van der Waals surface area contributed by atoms with Crippen molar-refractivity contribution in [3.05, 3.63) is 29.8 Å². The highest BCUT2D eigenvalue weighted by atomic mass is 16.5. The van der Waals surface area contributed by atoms with Crippen LogP contribution in [0.2, 0.25) is 0 Å². The molecule has 2 heterocycles. The van der Waals surface area contributed by atoms with Crippen molar-refractivity contribution in [3.8, 4) is 5.75 Å². The molecular formula is C27H39N3O4. The van der Waals surface area contributed by atoms with Gasteiger partial charge in [-0.05, 0) is 31.7 Å². The second-order valence-electron chi connectivity index (χ2n) is 9.90. The lowest BCUT2D eigenvalue weighted by Crippen LogP contribution is -2.55. The van der Waals surface area contributed by atoms with E-state index >= 15 is 0 Å². The SMILES string of the molecule is CCCCN1C(=O)CCC(C(=O)N2CCN(C(=O)C3CCCC3)CC2)C1c1ccccc1OC. The van der Waals surface area contributed by atoms with Crippen LogP contribution < -0.4 is 4.74 Å². The first-order valence-electron chi connectivity index (χ1n) is 13.0. The van der Waals surface area contributed by atoms with Crippen LogP contribution in [0.25, 0.3) is 0 Å². The first-order chi connectivity index (χ1) is 16.5. The molecule has 0 N–H and O–H groups in total. The minimum absolute atomic E-state index is 0.0952. The molecule has 0 bridgehead atoms. The number of ether oxygens (including phenoxy) is 1. The molecule has 3 aliphatic rings. The molecule has 7 nitrogen and oxygen atoms in total. The van der Waals surface area contributed by atoms with Crippen LogP contribution in [-0.2, 0) is 14.4 Å². The van der Waals surface area contributed by atoms with Crippen molar-refractivity contribution in [2.45, 2.75) is 64.3 Å². The maximum atomic E-state index is 13.8. The van der Waals surface area contributed by atoms with Gasteiger partial charge in [-0.3, -0.25) is 14.4 Å². The summed E-state index contributed by atoms with van der Waals surface area (Å²) < 4.78 is 5.64. The third-order valence-electron chi connectivity index (χ3n) is 7.84. The minimum Gasteiger partial charge on any atom is -0.496 e. The van der Waals surface area contributed by atoms with Crippen molar-refractivity contribution in [1.29, 1.82) is 0 Å². The van der Waals surface area contributed by atoms with Crippen molar-refractivity contribution in [2.75, 3.05) is 39.8 Å². The minimum atomic E-state index is -0.324. The van der Waals surface area contributed by atoms with Crippen LogP contribution in [0.15, 0.2) is 24.3 Å². The molecule has 3 amide bonds. The number of unbranched alkanes of at least 4 members (excludes halogenated alkanes) is 1. The summed E-state index contributed by atoms with van der Waals surface area (Å²) in [6.45, 7) is 5.09. The largest absolute Gasteiger partial charge is 0.496 e. The summed E-state index contributed by atoms with van der Waals surface area (Å²) in [4.78, 5) is 45.4. The van der Waals surface area contributed by atoms with Gasteiger partial charge in [0.15, 0.2) is 0 Å². The number of hydrogen-bond donors (Lipinski definition) is 0. The first-order valence-corrected chi connectivity index (χ1v) is 13.0. The standard InChI is InChI=1S/C27H39N3O4/c1-3-4-15-30-24(31)14-13-22(25(30)21-11-7-8-12-23(21)34-2)27(33)29-18-16-28(17-19-29)26(32)20-9-5-6-10-20/h7-8,11-12,20,22,25H,3-6,9-10,13-19H2,1-2H3. The molecule has 186 valence electrons. The van der Waals surface area contributed by atoms with E-state index in [1.165, 1.54) is 0 Å². The lowest BCUT2D eigenvalue weighted by Gasteiger charge is -2.44. The first kappa shape index (κ1) is 24.6. The van der Waals surface area contributed by atoms with Crippen molar-refractivity contribution < 1.29 is 19.1 Å². The number of piperidine rings is 1. The number of methoxy groups -OCH3 is 1. The summed E-state index contributed by atoms with van der Waals surface area (Å²) in [6, 6.07) is 7.43. The van der Waals surface area contributed by atoms with Crippen LogP contribution in [0.4, 0.5) is 0 Å². The monoisotopic (exact) mass is 469 g/mol. The summed E-state index contributed by atoms with van der Waals surface area (Å²) in [7, 11) is 1.64. The normalized spacial score (nSPS) is 23.9. The van der Waals surface area contributed by atoms with Gasteiger partial charge in [0.1, 0.15) is 5.75 Å². The van der Waals surface area contributed by atoms with Gasteiger partial charge in [-0.1, -0.05) is 44.4 Å². The van der Waals surface area contributed by atoms with Gasteiger partial charge in [0.05, 0.1) is 19.1 Å². The molecule has 1 aliphatic carbocycles. The Balaban J connectivity index is 1.51. The summed E-state index contributed by atoms with van der Waals surface area (Å²) in [6.07, 6.45) is 7.13. The fourth-order valence-electron chi connectivity index (χ4n) is 5.91. The zero-order chi connectivity index (χ0) is 24.1. The number of likely N-dealkylation sites (tertiary alicyclic amines) is 1. The van der Waals surface area contributed by atoms with Crippen LogP contribution in [0.3, 0.4) is 0 Å². The van der Waals surface area contributed by atoms with Gasteiger partial charge in [-0.15, -0.1) is 0 Å². The van der Waals surface area contributed by atoms with E-state index in [-0.39, 0.29) is 35.6 Å². The molecular weight excluding hydrogens is 430 g/mol. The molecule has 3 fully saturated rings. The quantitative estimate of drug-likeness (QED) is 0.611. The smallest absolute Gasteiger partial charge is 0.228 e. The maximum Gasteiger partial charge on any atom is 0.228 e. The van der Waals surface area contributed by atoms with Crippen LogP contribution in [0, 0.1) is 11.8 Å². The van der Waals surface area contributed by atoms with E-state index in [0.717, 1.165) is 44.1 Å². The highest BCUT2D eigenvalue weighted by Crippen LogP contribution is 2.41. The van der Waals surface area contributed by atoms with Gasteiger partial charge in [-0.2, -0.15) is 0 Å². The number of benzene rings is 1. The molecule has 2 atom stereocenters. The predicted molar refractivity (Wildman–Crippen MR) is 130 cm³/mol. The Kier molecular flexibility index (Phi) is 8.11. The van der Waals surface area contributed by atoms with Gasteiger partial charge in [-0.25, -0.2) is 0 Å². The topological polar surface area (TPSA) is 70.2 Å². The molecule has 2 unspecified atom stereocenters. The van der Waals surface area contributed by atoms with E-state index in [2.05, 4.69) is 6.92 Å². The molecule has 34 heavy (non-hydrogen) atoms. The molecule has 1 saturated carbocycles. The Hall–Kier alpha value is -2.57. The highest BCUT2D eigenvalue weighted by molar-refractivity contribution is 5.86. The maximum absolute atomic E-state index is 13.8. The molecule has 2 saturated heterocycles. The number of piperazine rings is 1. The van der Waals surface area contributed by atoms with Gasteiger partial charge in [0.2, 0.25) is 17.7 Å². The number of hydrogen-bond acceptors (Lipinski definition) is 4. The number of amides is 3. The number of rotatable bonds is 7. The van der Waals surface area contributed by atoms with Crippen LogP contribution in [0.5, 0.6) is 5.75 Å². The number of carbonyl (C=O) groups excluding carboxylic acids is 3. The summed E-state index contributed by atoms with van der Waals surface area (Å²) in [5.41, 5.74) is 0.905. The highest BCUT2D eigenvalue weighted by Gasteiger charge is 2.43. The Labute approximate surface area is 203 Å². The average Bonchev–Trinajstić information content (AvgIpc) is 3.42. The number of carbonyl (C=O) groups is 3. The summed E-state index contributed by atoms with van der Waals surface area (Å²) in [5, 5.41) is 0. The van der Waals surface area contributed by atoms with E-state index in [1.807, 2.05) is 39.0 Å². The Morgan fingerprint density at radius 1 is 0.971 bits per heavy atom. The van der Waals surface area contributed by atoms with Gasteiger partial charge in [0, 0.05) is 50.6 Å². The van der Waals surface area contributed by atoms with Gasteiger partial charge in [0.25, 0.3) is 0 Å². The number of para-hydroxylation sites is 1. The van der Waals surface area contributed by atoms with Crippen LogP contribution in [0.1, 0.15) is 69.9 Å². The van der Waals surface area contributed by atoms with Gasteiger partial charge >= 0.3 is 0 Å². The summed E-state index contributed by atoms with van der Waals surface area (Å²) in [5.74, 6) is 1.06.